The van der Waals surface area contributed by atoms with Crippen LogP contribution in [0.3, 0.4) is 0 Å². The Morgan fingerprint density at radius 3 is 2.36 bits per heavy atom. The fraction of sp³-hybridized carbons (Fsp3) is 0.238. The zero-order chi connectivity index (χ0) is 20.3. The molecule has 0 amide bonds. The van der Waals surface area contributed by atoms with E-state index in [0.717, 1.165) is 5.56 Å². The van der Waals surface area contributed by atoms with Crippen LogP contribution in [0.25, 0.3) is 6.08 Å². The first-order valence-corrected chi connectivity index (χ1v) is 8.89. The van der Waals surface area contributed by atoms with Gasteiger partial charge in [0, 0.05) is 24.4 Å². The molecule has 1 aliphatic heterocycles. The van der Waals surface area contributed by atoms with Gasteiger partial charge in [0.1, 0.15) is 12.2 Å². The third-order valence-electron chi connectivity index (χ3n) is 3.96. The highest BCUT2D eigenvalue weighted by molar-refractivity contribution is 6.31. The highest BCUT2D eigenvalue weighted by atomic mass is 35.5. The van der Waals surface area contributed by atoms with Gasteiger partial charge in [0.2, 0.25) is 0 Å². The van der Waals surface area contributed by atoms with Crippen LogP contribution in [0.15, 0.2) is 48.0 Å². The van der Waals surface area contributed by atoms with Gasteiger partial charge in [-0.1, -0.05) is 35.9 Å². The van der Waals surface area contributed by atoms with Crippen LogP contribution < -0.4 is 9.47 Å². The zero-order valence-corrected chi connectivity index (χ0v) is 16.4. The van der Waals surface area contributed by atoms with Crippen molar-refractivity contribution in [3.05, 3.63) is 64.2 Å². The van der Waals surface area contributed by atoms with Gasteiger partial charge in [-0.25, -0.2) is 9.59 Å². The Bertz CT molecular complexity index is 926. The van der Waals surface area contributed by atoms with E-state index in [-0.39, 0.29) is 12.2 Å². The Morgan fingerprint density at radius 1 is 1.04 bits per heavy atom. The molecule has 0 spiro atoms. The van der Waals surface area contributed by atoms with E-state index in [2.05, 4.69) is 0 Å². The van der Waals surface area contributed by atoms with E-state index in [1.54, 1.807) is 24.3 Å². The third kappa shape index (κ3) is 4.46. The Balaban J connectivity index is 1.86. The first kappa shape index (κ1) is 19.8. The second kappa shape index (κ2) is 7.94. The standard InChI is InChI=1S/C21H19ClO6/c1-21(2)27-19(23)15(20(24)28-21)10-13-8-9-17(25-3)18(11-13)26-12-14-6-4-5-7-16(14)22/h4-11H,12H2,1-3H3. The summed E-state index contributed by atoms with van der Waals surface area (Å²) in [6.07, 6.45) is 1.39. The fourth-order valence-corrected chi connectivity index (χ4v) is 2.80. The number of carbonyl (C=O) groups is 2. The summed E-state index contributed by atoms with van der Waals surface area (Å²) >= 11 is 6.16. The average molecular weight is 403 g/mol. The molecule has 6 nitrogen and oxygen atoms in total. The van der Waals surface area contributed by atoms with Gasteiger partial charge in [0.25, 0.3) is 5.79 Å². The predicted molar refractivity (Wildman–Crippen MR) is 103 cm³/mol. The number of cyclic esters (lactones) is 2. The molecule has 7 heteroatoms. The van der Waals surface area contributed by atoms with Gasteiger partial charge in [-0.3, -0.25) is 0 Å². The molecule has 3 rings (SSSR count). The van der Waals surface area contributed by atoms with Crippen molar-refractivity contribution in [3.63, 3.8) is 0 Å². The Hall–Kier alpha value is -2.99. The van der Waals surface area contributed by atoms with Crippen LogP contribution in [0, 0.1) is 0 Å². The number of carbonyl (C=O) groups excluding carboxylic acids is 2. The van der Waals surface area contributed by atoms with Crippen LogP contribution >= 0.6 is 11.6 Å². The summed E-state index contributed by atoms with van der Waals surface area (Å²) in [6, 6.07) is 12.4. The number of halogens is 1. The van der Waals surface area contributed by atoms with Crippen LogP contribution in [0.5, 0.6) is 11.5 Å². The monoisotopic (exact) mass is 402 g/mol. The smallest absolute Gasteiger partial charge is 0.348 e. The molecule has 0 unspecified atom stereocenters. The molecule has 146 valence electrons. The van der Waals surface area contributed by atoms with E-state index in [1.807, 2.05) is 18.2 Å². The second-order valence-corrected chi connectivity index (χ2v) is 6.93. The van der Waals surface area contributed by atoms with Gasteiger partial charge in [-0.15, -0.1) is 0 Å². The molecule has 0 radical (unpaired) electrons. The van der Waals surface area contributed by atoms with Crippen molar-refractivity contribution < 1.29 is 28.5 Å². The number of hydrogen-bond acceptors (Lipinski definition) is 6. The summed E-state index contributed by atoms with van der Waals surface area (Å²) in [5.74, 6) is -1.82. The molecule has 0 aromatic heterocycles. The summed E-state index contributed by atoms with van der Waals surface area (Å²) in [6.45, 7) is 3.22. The molecule has 0 aliphatic carbocycles. The van der Waals surface area contributed by atoms with E-state index in [4.69, 9.17) is 30.5 Å². The molecule has 0 atom stereocenters. The molecule has 1 saturated heterocycles. The summed E-state index contributed by atoms with van der Waals surface area (Å²) in [4.78, 5) is 24.2. The number of methoxy groups -OCH3 is 1. The van der Waals surface area contributed by atoms with E-state index >= 15 is 0 Å². The Kier molecular flexibility index (Phi) is 5.61. The molecular weight excluding hydrogens is 384 g/mol. The summed E-state index contributed by atoms with van der Waals surface area (Å²) < 4.78 is 21.4. The van der Waals surface area contributed by atoms with Crippen LogP contribution in [-0.2, 0) is 25.7 Å². The van der Waals surface area contributed by atoms with Gasteiger partial charge in [-0.05, 0) is 29.8 Å². The summed E-state index contributed by atoms with van der Waals surface area (Å²) in [7, 11) is 1.52. The van der Waals surface area contributed by atoms with Gasteiger partial charge < -0.3 is 18.9 Å². The van der Waals surface area contributed by atoms with Gasteiger partial charge in [0.05, 0.1) is 7.11 Å². The largest absolute Gasteiger partial charge is 0.493 e. The van der Waals surface area contributed by atoms with E-state index in [9.17, 15) is 9.59 Å². The fourth-order valence-electron chi connectivity index (χ4n) is 2.61. The van der Waals surface area contributed by atoms with Crippen molar-refractivity contribution in [2.24, 2.45) is 0 Å². The predicted octanol–water partition coefficient (Wildman–Crippen LogP) is 4.15. The number of esters is 2. The van der Waals surface area contributed by atoms with Crippen LogP contribution in [0.2, 0.25) is 5.02 Å². The normalized spacial score (nSPS) is 15.5. The van der Waals surface area contributed by atoms with Crippen molar-refractivity contribution >= 4 is 29.6 Å². The number of rotatable bonds is 5. The third-order valence-corrected chi connectivity index (χ3v) is 4.33. The van der Waals surface area contributed by atoms with E-state index in [0.29, 0.717) is 22.1 Å². The Morgan fingerprint density at radius 2 is 1.71 bits per heavy atom. The molecule has 2 aromatic carbocycles. The second-order valence-electron chi connectivity index (χ2n) is 6.53. The summed E-state index contributed by atoms with van der Waals surface area (Å²) in [5.41, 5.74) is 1.18. The topological polar surface area (TPSA) is 71.1 Å². The molecule has 1 heterocycles. The van der Waals surface area contributed by atoms with Crippen molar-refractivity contribution in [3.8, 4) is 11.5 Å². The number of hydrogen-bond donors (Lipinski definition) is 0. The van der Waals surface area contributed by atoms with E-state index < -0.39 is 17.7 Å². The lowest BCUT2D eigenvalue weighted by Gasteiger charge is -2.29. The van der Waals surface area contributed by atoms with Crippen LogP contribution in [0.1, 0.15) is 25.0 Å². The van der Waals surface area contributed by atoms with Gasteiger partial charge >= 0.3 is 11.9 Å². The number of ether oxygens (including phenoxy) is 4. The van der Waals surface area contributed by atoms with Crippen LogP contribution in [-0.4, -0.2) is 24.8 Å². The molecular formula is C21H19ClO6. The lowest BCUT2D eigenvalue weighted by Crippen LogP contribution is -2.41. The summed E-state index contributed by atoms with van der Waals surface area (Å²) in [5, 5.41) is 0.593. The molecule has 0 saturated carbocycles. The first-order chi connectivity index (χ1) is 13.3. The zero-order valence-electron chi connectivity index (χ0n) is 15.7. The molecule has 0 N–H and O–H groups in total. The van der Waals surface area contributed by atoms with Crippen LogP contribution in [0.4, 0.5) is 0 Å². The van der Waals surface area contributed by atoms with Crippen molar-refractivity contribution in [2.75, 3.05) is 7.11 Å². The minimum atomic E-state index is -1.28. The maximum atomic E-state index is 12.1. The highest BCUT2D eigenvalue weighted by Crippen LogP contribution is 2.31. The molecule has 0 bridgehead atoms. The average Bonchev–Trinajstić information content (AvgIpc) is 2.63. The van der Waals surface area contributed by atoms with Crippen molar-refractivity contribution in [1.29, 1.82) is 0 Å². The first-order valence-electron chi connectivity index (χ1n) is 8.52. The van der Waals surface area contributed by atoms with Crippen molar-refractivity contribution in [1.82, 2.24) is 0 Å². The molecule has 1 aliphatic rings. The number of benzene rings is 2. The lowest BCUT2D eigenvalue weighted by atomic mass is 10.1. The Labute approximate surface area is 167 Å². The van der Waals surface area contributed by atoms with Gasteiger partial charge in [0.15, 0.2) is 11.5 Å². The highest BCUT2D eigenvalue weighted by Gasteiger charge is 2.38. The lowest BCUT2D eigenvalue weighted by molar-refractivity contribution is -0.222. The SMILES string of the molecule is COc1ccc(C=C2C(=O)OC(C)(C)OC2=O)cc1OCc1ccccc1Cl. The molecule has 2 aromatic rings. The minimum Gasteiger partial charge on any atom is -0.493 e. The quantitative estimate of drug-likeness (QED) is 0.425. The van der Waals surface area contributed by atoms with Crippen molar-refractivity contribution in [2.45, 2.75) is 26.2 Å². The minimum absolute atomic E-state index is 0.193. The molecule has 28 heavy (non-hydrogen) atoms. The maximum Gasteiger partial charge on any atom is 0.348 e. The van der Waals surface area contributed by atoms with E-state index in [1.165, 1.54) is 27.0 Å². The molecule has 1 fully saturated rings. The van der Waals surface area contributed by atoms with Gasteiger partial charge in [-0.2, -0.15) is 0 Å². The maximum absolute atomic E-state index is 12.1.